The molecule has 0 atom stereocenters. The maximum atomic E-state index is 12.3. The Balaban J connectivity index is 1.98. The van der Waals surface area contributed by atoms with Crippen LogP contribution >= 0.6 is 11.5 Å². The van der Waals surface area contributed by atoms with Crippen LogP contribution in [0, 0.1) is 0 Å². The molecule has 0 radical (unpaired) electrons. The molecule has 0 bridgehead atoms. The standard InChI is InChI=1S/C12H8F3NO3S/c13-12(14,15)7-1-3-9(4-2-7)19-6-8-5-10(11(17)18)20-16-8/h1-5H,6H2,(H,17,18). The highest BCUT2D eigenvalue weighted by atomic mass is 32.1. The van der Waals surface area contributed by atoms with E-state index in [0.29, 0.717) is 5.69 Å². The maximum absolute atomic E-state index is 12.3. The quantitative estimate of drug-likeness (QED) is 0.940. The molecular formula is C12H8F3NO3S. The number of carbonyl (C=O) groups is 1. The number of ether oxygens (including phenoxy) is 1. The van der Waals surface area contributed by atoms with E-state index < -0.39 is 17.7 Å². The number of benzene rings is 1. The number of carboxylic acids is 1. The van der Waals surface area contributed by atoms with Gasteiger partial charge in [-0.05, 0) is 41.9 Å². The van der Waals surface area contributed by atoms with Crippen molar-refractivity contribution in [1.29, 1.82) is 0 Å². The summed E-state index contributed by atoms with van der Waals surface area (Å²) in [6, 6.07) is 5.59. The van der Waals surface area contributed by atoms with Crippen molar-refractivity contribution in [2.45, 2.75) is 12.8 Å². The van der Waals surface area contributed by atoms with Crippen molar-refractivity contribution < 1.29 is 27.8 Å². The van der Waals surface area contributed by atoms with Gasteiger partial charge in [-0.3, -0.25) is 0 Å². The van der Waals surface area contributed by atoms with E-state index in [-0.39, 0.29) is 17.2 Å². The molecule has 0 unspecified atom stereocenters. The molecule has 2 aromatic rings. The Bertz CT molecular complexity index is 607. The first-order valence-corrected chi connectivity index (χ1v) is 6.12. The number of nitrogens with zero attached hydrogens (tertiary/aromatic N) is 1. The van der Waals surface area contributed by atoms with Crippen LogP contribution in [-0.4, -0.2) is 15.4 Å². The van der Waals surface area contributed by atoms with Gasteiger partial charge in [0.15, 0.2) is 0 Å². The fourth-order valence-corrected chi connectivity index (χ4v) is 1.97. The Labute approximate surface area is 115 Å². The van der Waals surface area contributed by atoms with Gasteiger partial charge in [0.25, 0.3) is 0 Å². The normalized spacial score (nSPS) is 11.3. The Hall–Kier alpha value is -2.09. The Morgan fingerprint density at radius 1 is 1.30 bits per heavy atom. The molecule has 8 heteroatoms. The van der Waals surface area contributed by atoms with Crippen molar-refractivity contribution in [2.75, 3.05) is 0 Å². The summed E-state index contributed by atoms with van der Waals surface area (Å²) in [6.07, 6.45) is -4.39. The molecule has 1 heterocycles. The van der Waals surface area contributed by atoms with E-state index in [1.165, 1.54) is 18.2 Å². The van der Waals surface area contributed by atoms with E-state index in [1.54, 1.807) is 0 Å². The lowest BCUT2D eigenvalue weighted by molar-refractivity contribution is -0.137. The van der Waals surface area contributed by atoms with Gasteiger partial charge in [0.1, 0.15) is 17.2 Å². The molecule has 4 nitrogen and oxygen atoms in total. The third-order valence-electron chi connectivity index (χ3n) is 2.34. The summed E-state index contributed by atoms with van der Waals surface area (Å²) in [6.45, 7) is -0.00482. The van der Waals surface area contributed by atoms with E-state index in [2.05, 4.69) is 4.37 Å². The van der Waals surface area contributed by atoms with Gasteiger partial charge in [0.05, 0.1) is 11.3 Å². The lowest BCUT2D eigenvalue weighted by Gasteiger charge is -2.08. The molecule has 0 amide bonds. The number of aromatic carboxylic acids is 1. The fraction of sp³-hybridized carbons (Fsp3) is 0.167. The summed E-state index contributed by atoms with van der Waals surface area (Å²) >= 11 is 0.820. The van der Waals surface area contributed by atoms with Crippen LogP contribution < -0.4 is 4.74 Å². The zero-order valence-electron chi connectivity index (χ0n) is 9.85. The van der Waals surface area contributed by atoms with Crippen LogP contribution in [0.15, 0.2) is 30.3 Å². The average Bonchev–Trinajstić information content (AvgIpc) is 2.85. The number of hydrogen-bond acceptors (Lipinski definition) is 4. The molecule has 20 heavy (non-hydrogen) atoms. The Morgan fingerprint density at radius 2 is 1.95 bits per heavy atom. The predicted molar refractivity (Wildman–Crippen MR) is 64.8 cm³/mol. The van der Waals surface area contributed by atoms with Crippen molar-refractivity contribution in [3.05, 3.63) is 46.5 Å². The Morgan fingerprint density at radius 3 is 2.45 bits per heavy atom. The SMILES string of the molecule is O=C(O)c1cc(COc2ccc(C(F)(F)F)cc2)ns1. The zero-order valence-corrected chi connectivity index (χ0v) is 10.7. The summed E-state index contributed by atoms with van der Waals surface area (Å²) in [5, 5.41) is 8.71. The molecule has 0 spiro atoms. The van der Waals surface area contributed by atoms with E-state index in [9.17, 15) is 18.0 Å². The molecule has 1 aromatic carbocycles. The summed E-state index contributed by atoms with van der Waals surface area (Å²) in [4.78, 5) is 10.7. The molecule has 106 valence electrons. The van der Waals surface area contributed by atoms with Crippen LogP contribution in [0.2, 0.25) is 0 Å². The number of rotatable bonds is 4. The monoisotopic (exact) mass is 303 g/mol. The largest absolute Gasteiger partial charge is 0.487 e. The molecule has 0 saturated heterocycles. The van der Waals surface area contributed by atoms with Crippen LogP contribution in [0.5, 0.6) is 5.75 Å². The van der Waals surface area contributed by atoms with E-state index in [4.69, 9.17) is 9.84 Å². The molecule has 0 fully saturated rings. The lowest BCUT2D eigenvalue weighted by Crippen LogP contribution is -2.04. The molecule has 0 saturated carbocycles. The number of aromatic nitrogens is 1. The number of alkyl halides is 3. The summed E-state index contributed by atoms with van der Waals surface area (Å²) in [7, 11) is 0. The number of hydrogen-bond donors (Lipinski definition) is 1. The summed E-state index contributed by atoms with van der Waals surface area (Å²) in [5.41, 5.74) is -0.348. The van der Waals surface area contributed by atoms with E-state index >= 15 is 0 Å². The first-order valence-electron chi connectivity index (χ1n) is 5.35. The molecule has 2 rings (SSSR count). The number of halogens is 3. The number of carboxylic acid groups (broad SMARTS) is 1. The van der Waals surface area contributed by atoms with Crippen molar-refractivity contribution in [2.24, 2.45) is 0 Å². The molecule has 1 N–H and O–H groups in total. The van der Waals surface area contributed by atoms with Crippen molar-refractivity contribution >= 4 is 17.5 Å². The van der Waals surface area contributed by atoms with Crippen LogP contribution in [-0.2, 0) is 12.8 Å². The highest BCUT2D eigenvalue weighted by Gasteiger charge is 2.30. The average molecular weight is 303 g/mol. The van der Waals surface area contributed by atoms with Crippen LogP contribution in [0.1, 0.15) is 20.9 Å². The second kappa shape index (κ2) is 5.49. The van der Waals surface area contributed by atoms with Crippen LogP contribution in [0.25, 0.3) is 0 Å². The van der Waals surface area contributed by atoms with Crippen LogP contribution in [0.3, 0.4) is 0 Å². The maximum Gasteiger partial charge on any atom is 0.416 e. The second-order valence-electron chi connectivity index (χ2n) is 3.80. The first-order chi connectivity index (χ1) is 9.36. The van der Waals surface area contributed by atoms with Gasteiger partial charge in [0.2, 0.25) is 0 Å². The minimum atomic E-state index is -4.39. The van der Waals surface area contributed by atoms with Gasteiger partial charge in [-0.25, -0.2) is 4.79 Å². The van der Waals surface area contributed by atoms with Crippen LogP contribution in [0.4, 0.5) is 13.2 Å². The zero-order chi connectivity index (χ0) is 14.8. The minimum absolute atomic E-state index is 0.00482. The third-order valence-corrected chi connectivity index (χ3v) is 3.15. The van der Waals surface area contributed by atoms with E-state index in [1.807, 2.05) is 0 Å². The summed E-state index contributed by atoms with van der Waals surface area (Å²) in [5.74, 6) is -0.828. The molecule has 0 aliphatic rings. The second-order valence-corrected chi connectivity index (χ2v) is 4.60. The van der Waals surface area contributed by atoms with Gasteiger partial charge < -0.3 is 9.84 Å². The van der Waals surface area contributed by atoms with Gasteiger partial charge in [0, 0.05) is 0 Å². The van der Waals surface area contributed by atoms with Crippen molar-refractivity contribution in [3.8, 4) is 5.75 Å². The minimum Gasteiger partial charge on any atom is -0.487 e. The van der Waals surface area contributed by atoms with Crippen molar-refractivity contribution in [3.63, 3.8) is 0 Å². The fourth-order valence-electron chi connectivity index (χ4n) is 1.38. The predicted octanol–water partition coefficient (Wildman–Crippen LogP) is 3.44. The molecular weight excluding hydrogens is 295 g/mol. The van der Waals surface area contributed by atoms with Gasteiger partial charge >= 0.3 is 12.1 Å². The third kappa shape index (κ3) is 3.47. The smallest absolute Gasteiger partial charge is 0.416 e. The van der Waals surface area contributed by atoms with Crippen molar-refractivity contribution in [1.82, 2.24) is 4.37 Å². The molecule has 0 aliphatic carbocycles. The van der Waals surface area contributed by atoms with Gasteiger partial charge in [-0.2, -0.15) is 17.5 Å². The molecule has 0 aliphatic heterocycles. The topological polar surface area (TPSA) is 59.4 Å². The summed E-state index contributed by atoms with van der Waals surface area (Å²) < 4.78 is 46.1. The van der Waals surface area contributed by atoms with Gasteiger partial charge in [-0.15, -0.1) is 0 Å². The lowest BCUT2D eigenvalue weighted by atomic mass is 10.2. The van der Waals surface area contributed by atoms with Gasteiger partial charge in [-0.1, -0.05) is 0 Å². The highest BCUT2D eigenvalue weighted by Crippen LogP contribution is 2.30. The Kier molecular flexibility index (Phi) is 3.93. The highest BCUT2D eigenvalue weighted by molar-refractivity contribution is 7.08. The first kappa shape index (κ1) is 14.3. The molecule has 1 aromatic heterocycles. The van der Waals surface area contributed by atoms with E-state index in [0.717, 1.165) is 23.7 Å².